The molecule has 0 heterocycles. The van der Waals surface area contributed by atoms with Gasteiger partial charge in [-0.3, -0.25) is 4.99 Å². The van der Waals surface area contributed by atoms with E-state index in [1.807, 2.05) is 68.4 Å². The van der Waals surface area contributed by atoms with Crippen LogP contribution in [0.4, 0.5) is 0 Å². The van der Waals surface area contributed by atoms with Crippen LogP contribution in [-0.2, 0) is 6.54 Å². The molecule has 2 rings (SSSR count). The largest absolute Gasteiger partial charge is 0.491 e. The Kier molecular flexibility index (Phi) is 10.8. The summed E-state index contributed by atoms with van der Waals surface area (Å²) in [5.74, 6) is 1.60. The van der Waals surface area contributed by atoms with E-state index in [1.54, 1.807) is 7.05 Å². The molecule has 1 unspecified atom stereocenters. The number of halogens is 1. The number of hydrogen-bond donors (Lipinski definition) is 3. The van der Waals surface area contributed by atoms with Gasteiger partial charge in [0.05, 0.1) is 12.7 Å². The highest BCUT2D eigenvalue weighted by Gasteiger charge is 2.10. The van der Waals surface area contributed by atoms with Crippen LogP contribution in [0.3, 0.4) is 0 Å². The van der Waals surface area contributed by atoms with Crippen molar-refractivity contribution in [2.24, 2.45) is 4.99 Å². The summed E-state index contributed by atoms with van der Waals surface area (Å²) >= 11 is 0. The summed E-state index contributed by atoms with van der Waals surface area (Å²) in [4.78, 5) is 4.26. The lowest BCUT2D eigenvalue weighted by Gasteiger charge is -2.18. The van der Waals surface area contributed by atoms with Crippen LogP contribution in [0.25, 0.3) is 0 Å². The molecule has 5 nitrogen and oxygen atoms in total. The summed E-state index contributed by atoms with van der Waals surface area (Å²) in [5, 5.41) is 16.2. The zero-order valence-corrected chi connectivity index (χ0v) is 18.5. The average molecular weight is 483 g/mol. The van der Waals surface area contributed by atoms with Crippen LogP contribution < -0.4 is 15.4 Å². The first kappa shape index (κ1) is 23.2. The molecule has 6 heteroatoms. The smallest absolute Gasteiger partial charge is 0.191 e. The molecule has 0 aliphatic rings. The standard InChI is InChI=1S/C21H29N3O2.HI/c1-16(2)26-20-11-7-8-17(12-20)13-23-21(22-3)24-14-19(15-25)18-9-5-4-6-10-18;/h4-12,16,19,25H,13-15H2,1-3H3,(H2,22,23,24);1H. The maximum atomic E-state index is 9.66. The quantitative estimate of drug-likeness (QED) is 0.306. The summed E-state index contributed by atoms with van der Waals surface area (Å²) in [6, 6.07) is 18.0. The summed E-state index contributed by atoms with van der Waals surface area (Å²) in [5.41, 5.74) is 2.23. The molecular formula is C21H30IN3O2. The van der Waals surface area contributed by atoms with Gasteiger partial charge in [0.25, 0.3) is 0 Å². The number of nitrogens with zero attached hydrogens (tertiary/aromatic N) is 1. The number of hydrogen-bond acceptors (Lipinski definition) is 3. The van der Waals surface area contributed by atoms with Gasteiger partial charge < -0.3 is 20.5 Å². The van der Waals surface area contributed by atoms with Gasteiger partial charge in [-0.25, -0.2) is 0 Å². The van der Waals surface area contributed by atoms with Gasteiger partial charge in [-0.15, -0.1) is 24.0 Å². The lowest BCUT2D eigenvalue weighted by molar-refractivity contribution is 0.242. The zero-order valence-electron chi connectivity index (χ0n) is 16.2. The Bertz CT molecular complexity index is 693. The Morgan fingerprint density at radius 3 is 2.44 bits per heavy atom. The van der Waals surface area contributed by atoms with E-state index in [4.69, 9.17) is 4.74 Å². The normalized spacial score (nSPS) is 12.3. The molecule has 0 fully saturated rings. The van der Waals surface area contributed by atoms with Gasteiger partial charge in [-0.1, -0.05) is 42.5 Å². The lowest BCUT2D eigenvalue weighted by atomic mass is 10.0. The number of benzene rings is 2. The average Bonchev–Trinajstić information content (AvgIpc) is 2.65. The molecule has 0 bridgehead atoms. The van der Waals surface area contributed by atoms with Crippen molar-refractivity contribution >= 4 is 29.9 Å². The van der Waals surface area contributed by atoms with Gasteiger partial charge in [-0.2, -0.15) is 0 Å². The SMILES string of the molecule is CN=C(NCc1cccc(OC(C)C)c1)NCC(CO)c1ccccc1.I. The molecular weight excluding hydrogens is 453 g/mol. The molecule has 0 saturated heterocycles. The van der Waals surface area contributed by atoms with Gasteiger partial charge in [0.15, 0.2) is 5.96 Å². The second-order valence-corrected chi connectivity index (χ2v) is 6.41. The minimum atomic E-state index is 0. The van der Waals surface area contributed by atoms with Crippen molar-refractivity contribution in [2.45, 2.75) is 32.4 Å². The third-order valence-corrected chi connectivity index (χ3v) is 3.96. The number of ether oxygens (including phenoxy) is 1. The Morgan fingerprint density at radius 1 is 1.07 bits per heavy atom. The van der Waals surface area contributed by atoms with Crippen LogP contribution in [-0.4, -0.2) is 37.4 Å². The Labute approximate surface area is 179 Å². The van der Waals surface area contributed by atoms with E-state index in [0.717, 1.165) is 16.9 Å². The first-order valence-electron chi connectivity index (χ1n) is 8.98. The first-order valence-corrected chi connectivity index (χ1v) is 8.98. The highest BCUT2D eigenvalue weighted by atomic mass is 127. The fraction of sp³-hybridized carbons (Fsp3) is 0.381. The van der Waals surface area contributed by atoms with Crippen LogP contribution in [0, 0.1) is 0 Å². The molecule has 0 saturated carbocycles. The second-order valence-electron chi connectivity index (χ2n) is 6.41. The molecule has 0 radical (unpaired) electrons. The van der Waals surface area contributed by atoms with E-state index in [-0.39, 0.29) is 42.6 Å². The van der Waals surface area contributed by atoms with Gasteiger partial charge in [-0.05, 0) is 37.1 Å². The molecule has 2 aromatic rings. The molecule has 27 heavy (non-hydrogen) atoms. The van der Waals surface area contributed by atoms with E-state index in [2.05, 4.69) is 15.6 Å². The van der Waals surface area contributed by atoms with E-state index in [0.29, 0.717) is 19.0 Å². The number of guanidine groups is 1. The predicted octanol–water partition coefficient (Wildman–Crippen LogP) is 3.53. The molecule has 0 amide bonds. The van der Waals surface area contributed by atoms with Crippen LogP contribution in [0.1, 0.15) is 30.9 Å². The Balaban J connectivity index is 0.00000364. The van der Waals surface area contributed by atoms with Crippen molar-refractivity contribution in [3.8, 4) is 5.75 Å². The monoisotopic (exact) mass is 483 g/mol. The minimum absolute atomic E-state index is 0. The maximum absolute atomic E-state index is 9.66. The third kappa shape index (κ3) is 8.17. The summed E-state index contributed by atoms with van der Waals surface area (Å²) in [7, 11) is 1.74. The van der Waals surface area contributed by atoms with Crippen LogP contribution in [0.5, 0.6) is 5.75 Å². The van der Waals surface area contributed by atoms with Gasteiger partial charge in [0, 0.05) is 26.1 Å². The van der Waals surface area contributed by atoms with Crippen LogP contribution in [0.2, 0.25) is 0 Å². The van der Waals surface area contributed by atoms with Crippen LogP contribution in [0.15, 0.2) is 59.6 Å². The zero-order chi connectivity index (χ0) is 18.8. The van der Waals surface area contributed by atoms with Gasteiger partial charge in [0.1, 0.15) is 5.75 Å². The number of aliphatic hydroxyl groups excluding tert-OH is 1. The molecule has 0 aromatic heterocycles. The molecule has 0 spiro atoms. The molecule has 2 aromatic carbocycles. The summed E-state index contributed by atoms with van der Waals surface area (Å²) < 4.78 is 5.73. The van der Waals surface area contributed by atoms with Crippen molar-refractivity contribution in [3.63, 3.8) is 0 Å². The number of aliphatic hydroxyl groups is 1. The lowest BCUT2D eigenvalue weighted by Crippen LogP contribution is -2.39. The molecule has 0 aliphatic carbocycles. The first-order chi connectivity index (χ1) is 12.6. The van der Waals surface area contributed by atoms with E-state index >= 15 is 0 Å². The Morgan fingerprint density at radius 2 is 1.81 bits per heavy atom. The highest BCUT2D eigenvalue weighted by molar-refractivity contribution is 14.0. The van der Waals surface area contributed by atoms with Crippen molar-refractivity contribution in [2.75, 3.05) is 20.2 Å². The summed E-state index contributed by atoms with van der Waals surface area (Å²) in [6.45, 7) is 5.37. The van der Waals surface area contributed by atoms with Crippen LogP contribution >= 0.6 is 24.0 Å². The minimum Gasteiger partial charge on any atom is -0.491 e. The molecule has 1 atom stereocenters. The fourth-order valence-corrected chi connectivity index (χ4v) is 2.64. The molecule has 0 aliphatic heterocycles. The highest BCUT2D eigenvalue weighted by Crippen LogP contribution is 2.15. The molecule has 3 N–H and O–H groups in total. The number of rotatable bonds is 8. The maximum Gasteiger partial charge on any atom is 0.191 e. The van der Waals surface area contributed by atoms with Crippen molar-refractivity contribution in [1.29, 1.82) is 0 Å². The molecule has 148 valence electrons. The van der Waals surface area contributed by atoms with Gasteiger partial charge >= 0.3 is 0 Å². The van der Waals surface area contributed by atoms with E-state index < -0.39 is 0 Å². The van der Waals surface area contributed by atoms with Crippen molar-refractivity contribution in [1.82, 2.24) is 10.6 Å². The van der Waals surface area contributed by atoms with Crippen molar-refractivity contribution < 1.29 is 9.84 Å². The van der Waals surface area contributed by atoms with Crippen molar-refractivity contribution in [3.05, 3.63) is 65.7 Å². The van der Waals surface area contributed by atoms with E-state index in [9.17, 15) is 5.11 Å². The van der Waals surface area contributed by atoms with Gasteiger partial charge in [0.2, 0.25) is 0 Å². The predicted molar refractivity (Wildman–Crippen MR) is 122 cm³/mol. The second kappa shape index (κ2) is 12.6. The summed E-state index contributed by atoms with van der Waals surface area (Å²) in [6.07, 6.45) is 0.154. The third-order valence-electron chi connectivity index (χ3n) is 3.96. The number of nitrogens with one attached hydrogen (secondary N) is 2. The fourth-order valence-electron chi connectivity index (χ4n) is 2.64. The Hall–Kier alpha value is -1.80. The number of aliphatic imine (C=N–C) groups is 1. The topological polar surface area (TPSA) is 65.9 Å². The van der Waals surface area contributed by atoms with E-state index in [1.165, 1.54) is 0 Å².